The molecule has 30 heavy (non-hydrogen) atoms. The second-order valence-electron chi connectivity index (χ2n) is 7.09. The molecular formula is C21H18F3N5O. The fourth-order valence-electron chi connectivity index (χ4n) is 3.48. The molecule has 0 saturated heterocycles. The number of nitrogens with one attached hydrogen (secondary N) is 1. The lowest BCUT2D eigenvalue weighted by Crippen LogP contribution is -2.25. The number of hydrogen-bond acceptors (Lipinski definition) is 4. The van der Waals surface area contributed by atoms with Gasteiger partial charge in [0.1, 0.15) is 6.33 Å². The first-order valence-corrected chi connectivity index (χ1v) is 9.32. The summed E-state index contributed by atoms with van der Waals surface area (Å²) in [5.74, 6) is -0.159. The minimum Gasteiger partial charge on any atom is -0.346 e. The molecule has 0 aliphatic heterocycles. The van der Waals surface area contributed by atoms with Crippen molar-refractivity contribution in [3.05, 3.63) is 71.3 Å². The summed E-state index contributed by atoms with van der Waals surface area (Å²) in [5.41, 5.74) is 1.97. The van der Waals surface area contributed by atoms with Gasteiger partial charge in [0.25, 0.3) is 0 Å². The largest absolute Gasteiger partial charge is 0.416 e. The smallest absolute Gasteiger partial charge is 0.346 e. The van der Waals surface area contributed by atoms with Gasteiger partial charge < -0.3 is 5.32 Å². The highest BCUT2D eigenvalue weighted by Gasteiger charge is 2.31. The fourth-order valence-corrected chi connectivity index (χ4v) is 3.48. The van der Waals surface area contributed by atoms with E-state index < -0.39 is 11.7 Å². The van der Waals surface area contributed by atoms with Crippen molar-refractivity contribution in [2.24, 2.45) is 0 Å². The first-order chi connectivity index (χ1) is 14.3. The molecule has 1 aliphatic carbocycles. The highest BCUT2D eigenvalue weighted by atomic mass is 19.4. The first kappa shape index (κ1) is 19.8. The Morgan fingerprint density at radius 3 is 2.90 bits per heavy atom. The summed E-state index contributed by atoms with van der Waals surface area (Å²) in [4.78, 5) is 20.6. The summed E-state index contributed by atoms with van der Waals surface area (Å²) < 4.78 is 40.4. The molecule has 0 spiro atoms. The summed E-state index contributed by atoms with van der Waals surface area (Å²) >= 11 is 0. The van der Waals surface area contributed by atoms with E-state index in [0.717, 1.165) is 36.2 Å². The van der Waals surface area contributed by atoms with Crippen LogP contribution >= 0.6 is 0 Å². The van der Waals surface area contributed by atoms with E-state index in [1.807, 2.05) is 12.1 Å². The first-order valence-electron chi connectivity index (χ1n) is 9.32. The summed E-state index contributed by atoms with van der Waals surface area (Å²) in [6.07, 6.45) is 2.94. The van der Waals surface area contributed by atoms with Gasteiger partial charge in [-0.05, 0) is 55.2 Å². The van der Waals surface area contributed by atoms with Crippen molar-refractivity contribution in [2.75, 3.05) is 0 Å². The Hall–Kier alpha value is -3.49. The topological polar surface area (TPSA) is 72.7 Å². The SMILES string of the molecule is Cc1cc(-c2ncn(C=CC(=O)NC3CCc4ncccc43)n2)cc(C(F)(F)F)c1. The number of halogens is 3. The zero-order chi connectivity index (χ0) is 21.3. The number of aryl methyl sites for hydroxylation is 2. The highest BCUT2D eigenvalue weighted by Crippen LogP contribution is 2.32. The molecule has 2 heterocycles. The van der Waals surface area contributed by atoms with Gasteiger partial charge in [-0.2, -0.15) is 13.2 Å². The minimum atomic E-state index is -4.45. The molecule has 1 aromatic carbocycles. The third-order valence-electron chi connectivity index (χ3n) is 4.84. The zero-order valence-corrected chi connectivity index (χ0v) is 16.0. The molecular weight excluding hydrogens is 395 g/mol. The molecule has 4 rings (SSSR count). The summed E-state index contributed by atoms with van der Waals surface area (Å²) in [5, 5.41) is 7.07. The van der Waals surface area contributed by atoms with Crippen LogP contribution in [-0.4, -0.2) is 25.7 Å². The highest BCUT2D eigenvalue weighted by molar-refractivity contribution is 5.90. The number of carbonyl (C=O) groups is 1. The second-order valence-corrected chi connectivity index (χ2v) is 7.09. The summed E-state index contributed by atoms with van der Waals surface area (Å²) in [6.45, 7) is 1.58. The van der Waals surface area contributed by atoms with E-state index in [4.69, 9.17) is 0 Å². The lowest BCUT2D eigenvalue weighted by molar-refractivity contribution is -0.137. The average molecular weight is 413 g/mol. The van der Waals surface area contributed by atoms with Crippen molar-refractivity contribution in [3.63, 3.8) is 0 Å². The number of alkyl halides is 3. The van der Waals surface area contributed by atoms with Crippen molar-refractivity contribution in [1.82, 2.24) is 25.1 Å². The van der Waals surface area contributed by atoms with Crippen molar-refractivity contribution < 1.29 is 18.0 Å². The van der Waals surface area contributed by atoms with E-state index in [2.05, 4.69) is 20.4 Å². The van der Waals surface area contributed by atoms with E-state index in [1.54, 1.807) is 19.2 Å². The number of aromatic nitrogens is 4. The Balaban J connectivity index is 1.46. The van der Waals surface area contributed by atoms with Crippen molar-refractivity contribution in [2.45, 2.75) is 32.0 Å². The van der Waals surface area contributed by atoms with Crippen LogP contribution in [-0.2, 0) is 17.4 Å². The molecule has 3 aromatic rings. The predicted molar refractivity (Wildman–Crippen MR) is 104 cm³/mol. The van der Waals surface area contributed by atoms with Crippen LogP contribution in [0.4, 0.5) is 13.2 Å². The lowest BCUT2D eigenvalue weighted by atomic mass is 10.1. The Labute approximate surface area is 170 Å². The van der Waals surface area contributed by atoms with E-state index in [9.17, 15) is 18.0 Å². The molecule has 1 amide bonds. The molecule has 1 N–H and O–H groups in total. The van der Waals surface area contributed by atoms with Gasteiger partial charge in [0.2, 0.25) is 5.91 Å². The van der Waals surface area contributed by atoms with Crippen LogP contribution in [0.5, 0.6) is 0 Å². The predicted octanol–water partition coefficient (Wildman–Crippen LogP) is 3.94. The second kappa shape index (κ2) is 7.74. The summed E-state index contributed by atoms with van der Waals surface area (Å²) in [7, 11) is 0. The molecule has 1 aliphatic rings. The number of benzene rings is 1. The molecule has 0 radical (unpaired) electrons. The molecule has 1 unspecified atom stereocenters. The van der Waals surface area contributed by atoms with Gasteiger partial charge in [-0.15, -0.1) is 5.10 Å². The Kier molecular flexibility index (Phi) is 5.11. The van der Waals surface area contributed by atoms with Gasteiger partial charge in [0.05, 0.1) is 11.6 Å². The number of pyridine rings is 1. The average Bonchev–Trinajstić information content (AvgIpc) is 3.33. The van der Waals surface area contributed by atoms with Gasteiger partial charge in [-0.25, -0.2) is 9.67 Å². The standard InChI is InChI=1S/C21H18F3N5O/c1-13-9-14(11-15(10-13)21(22,23)24)20-26-12-29(28-20)8-6-19(30)27-18-5-4-17-16(18)3-2-7-25-17/h2-3,6-12,18H,4-5H2,1H3,(H,27,30). The number of amides is 1. The molecule has 1 atom stereocenters. The van der Waals surface area contributed by atoms with E-state index >= 15 is 0 Å². The quantitative estimate of drug-likeness (QED) is 0.658. The van der Waals surface area contributed by atoms with Gasteiger partial charge in [0.15, 0.2) is 5.82 Å². The maximum atomic E-state index is 13.0. The van der Waals surface area contributed by atoms with Gasteiger partial charge in [-0.3, -0.25) is 9.78 Å². The number of fused-ring (bicyclic) bond motifs is 1. The van der Waals surface area contributed by atoms with Gasteiger partial charge >= 0.3 is 6.18 Å². The molecule has 0 fully saturated rings. The molecule has 0 bridgehead atoms. The number of carbonyl (C=O) groups excluding carboxylic acids is 1. The number of rotatable bonds is 4. The van der Waals surface area contributed by atoms with Crippen LogP contribution < -0.4 is 5.32 Å². The van der Waals surface area contributed by atoms with Crippen LogP contribution in [0.1, 0.15) is 34.8 Å². The Bertz CT molecular complexity index is 1120. The van der Waals surface area contributed by atoms with Crippen LogP contribution in [0.15, 0.2) is 48.9 Å². The maximum Gasteiger partial charge on any atom is 0.416 e. The molecule has 154 valence electrons. The van der Waals surface area contributed by atoms with Crippen LogP contribution in [0, 0.1) is 6.92 Å². The third-order valence-corrected chi connectivity index (χ3v) is 4.84. The van der Waals surface area contributed by atoms with Gasteiger partial charge in [-0.1, -0.05) is 6.07 Å². The molecule has 6 nitrogen and oxygen atoms in total. The number of hydrogen-bond donors (Lipinski definition) is 1. The maximum absolute atomic E-state index is 13.0. The minimum absolute atomic E-state index is 0.0924. The number of nitrogens with zero attached hydrogens (tertiary/aromatic N) is 4. The third kappa shape index (κ3) is 4.24. The molecule has 9 heteroatoms. The van der Waals surface area contributed by atoms with Crippen molar-refractivity contribution in [3.8, 4) is 11.4 Å². The Morgan fingerprint density at radius 2 is 2.10 bits per heavy atom. The van der Waals surface area contributed by atoms with Crippen molar-refractivity contribution >= 4 is 12.1 Å². The molecule has 0 saturated carbocycles. The van der Waals surface area contributed by atoms with Crippen LogP contribution in [0.25, 0.3) is 17.6 Å². The van der Waals surface area contributed by atoms with Gasteiger partial charge in [0, 0.05) is 29.7 Å². The monoisotopic (exact) mass is 413 g/mol. The lowest BCUT2D eigenvalue weighted by Gasteiger charge is -2.11. The van der Waals surface area contributed by atoms with E-state index in [1.165, 1.54) is 23.3 Å². The van der Waals surface area contributed by atoms with E-state index in [-0.39, 0.29) is 23.3 Å². The normalized spacial score (nSPS) is 16.1. The van der Waals surface area contributed by atoms with Crippen LogP contribution in [0.3, 0.4) is 0 Å². The zero-order valence-electron chi connectivity index (χ0n) is 16.0. The summed E-state index contributed by atoms with van der Waals surface area (Å²) in [6, 6.07) is 7.36. The van der Waals surface area contributed by atoms with Crippen molar-refractivity contribution in [1.29, 1.82) is 0 Å². The van der Waals surface area contributed by atoms with Crippen LogP contribution in [0.2, 0.25) is 0 Å². The Morgan fingerprint density at radius 1 is 1.27 bits per heavy atom. The molecule has 2 aromatic heterocycles. The fraction of sp³-hybridized carbons (Fsp3) is 0.238. The van der Waals surface area contributed by atoms with E-state index in [0.29, 0.717) is 5.56 Å².